The van der Waals surface area contributed by atoms with Crippen molar-refractivity contribution < 1.29 is 24.5 Å². The van der Waals surface area contributed by atoms with E-state index in [2.05, 4.69) is 19.2 Å². The summed E-state index contributed by atoms with van der Waals surface area (Å²) in [6.07, 6.45) is 85.9. The van der Waals surface area contributed by atoms with E-state index in [-0.39, 0.29) is 18.5 Å². The molecule has 0 aliphatic rings. The highest BCUT2D eigenvalue weighted by Crippen LogP contribution is 2.20. The number of carbonyl (C=O) groups is 2. The summed E-state index contributed by atoms with van der Waals surface area (Å²) in [5, 5.41) is 23.5. The molecule has 0 saturated heterocycles. The predicted octanol–water partition coefficient (Wildman–Crippen LogP) is 24.2. The number of carbonyl (C=O) groups excluding carboxylic acids is 2. The molecule has 80 heavy (non-hydrogen) atoms. The lowest BCUT2D eigenvalue weighted by molar-refractivity contribution is -0.143. The summed E-state index contributed by atoms with van der Waals surface area (Å²) >= 11 is 0. The maximum Gasteiger partial charge on any atom is 0.305 e. The minimum absolute atomic E-state index is 0.0187. The zero-order chi connectivity index (χ0) is 57.8. The van der Waals surface area contributed by atoms with Crippen LogP contribution in [0.3, 0.4) is 0 Å². The van der Waals surface area contributed by atoms with Gasteiger partial charge in [0.25, 0.3) is 0 Å². The highest BCUT2D eigenvalue weighted by atomic mass is 16.5. The van der Waals surface area contributed by atoms with Crippen LogP contribution in [-0.2, 0) is 14.3 Å². The van der Waals surface area contributed by atoms with E-state index in [0.717, 1.165) is 38.5 Å². The average molecular weight is 1130 g/mol. The molecular weight excluding hydrogens is 983 g/mol. The number of aliphatic hydroxyl groups excluding tert-OH is 2. The molecule has 0 aliphatic heterocycles. The summed E-state index contributed by atoms with van der Waals surface area (Å²) in [4.78, 5) is 24.7. The third-order valence-corrected chi connectivity index (χ3v) is 17.9. The van der Waals surface area contributed by atoms with Gasteiger partial charge in [-0.1, -0.05) is 399 Å². The van der Waals surface area contributed by atoms with Gasteiger partial charge in [0.1, 0.15) is 0 Å². The number of hydrogen-bond acceptors (Lipinski definition) is 5. The highest BCUT2D eigenvalue weighted by molar-refractivity contribution is 5.76. The second-order valence-electron chi connectivity index (χ2n) is 26.0. The molecule has 0 bridgehead atoms. The molecule has 0 fully saturated rings. The average Bonchev–Trinajstić information content (AvgIpc) is 3.46. The smallest absolute Gasteiger partial charge is 0.305 e. The van der Waals surface area contributed by atoms with Crippen LogP contribution in [0.5, 0.6) is 0 Å². The summed E-state index contributed by atoms with van der Waals surface area (Å²) in [6, 6.07) is -0.543. The molecule has 0 aliphatic carbocycles. The number of unbranched alkanes of at least 4 members (excludes halogenated alkanes) is 60. The van der Waals surface area contributed by atoms with Crippen molar-refractivity contribution in [3.63, 3.8) is 0 Å². The van der Waals surface area contributed by atoms with E-state index in [9.17, 15) is 19.8 Å². The number of amides is 1. The largest absolute Gasteiger partial charge is 0.466 e. The first-order valence-electron chi connectivity index (χ1n) is 37.3. The van der Waals surface area contributed by atoms with Crippen LogP contribution in [0.2, 0.25) is 0 Å². The molecule has 2 atom stereocenters. The van der Waals surface area contributed by atoms with Gasteiger partial charge < -0.3 is 20.3 Å². The first-order chi connectivity index (χ1) is 39.5. The number of aliphatic hydroxyl groups is 2. The van der Waals surface area contributed by atoms with Crippen molar-refractivity contribution in [1.82, 2.24) is 5.32 Å². The Morgan fingerprint density at radius 1 is 0.300 bits per heavy atom. The third kappa shape index (κ3) is 66.0. The van der Waals surface area contributed by atoms with Crippen molar-refractivity contribution in [2.45, 2.75) is 450 Å². The van der Waals surface area contributed by atoms with Crippen LogP contribution >= 0.6 is 0 Å². The van der Waals surface area contributed by atoms with E-state index in [1.807, 2.05) is 0 Å². The molecule has 0 aromatic rings. The lowest BCUT2D eigenvalue weighted by Crippen LogP contribution is -2.45. The second kappa shape index (κ2) is 70.3. The van der Waals surface area contributed by atoms with Crippen LogP contribution in [0.4, 0.5) is 0 Å². The molecule has 6 nitrogen and oxygen atoms in total. The number of ether oxygens (including phenoxy) is 1. The van der Waals surface area contributed by atoms with Gasteiger partial charge in [-0.2, -0.15) is 0 Å². The number of rotatable bonds is 71. The van der Waals surface area contributed by atoms with Gasteiger partial charge in [-0.15, -0.1) is 0 Å². The molecule has 2 unspecified atom stereocenters. The van der Waals surface area contributed by atoms with Gasteiger partial charge in [0.2, 0.25) is 5.91 Å². The maximum atomic E-state index is 12.6. The van der Waals surface area contributed by atoms with Crippen LogP contribution < -0.4 is 5.32 Å². The van der Waals surface area contributed by atoms with E-state index in [1.165, 1.54) is 366 Å². The van der Waals surface area contributed by atoms with Crippen molar-refractivity contribution in [2.75, 3.05) is 13.2 Å². The summed E-state index contributed by atoms with van der Waals surface area (Å²) in [5.41, 5.74) is 0. The van der Waals surface area contributed by atoms with Gasteiger partial charge in [0, 0.05) is 12.8 Å². The summed E-state index contributed by atoms with van der Waals surface area (Å²) < 4.78 is 5.52. The van der Waals surface area contributed by atoms with Gasteiger partial charge in [0.15, 0.2) is 0 Å². The van der Waals surface area contributed by atoms with Crippen molar-refractivity contribution >= 4 is 11.9 Å². The van der Waals surface area contributed by atoms with Crippen LogP contribution in [0.15, 0.2) is 0 Å². The van der Waals surface area contributed by atoms with Gasteiger partial charge in [-0.05, 0) is 25.7 Å². The van der Waals surface area contributed by atoms with Crippen molar-refractivity contribution in [3.8, 4) is 0 Å². The van der Waals surface area contributed by atoms with Crippen LogP contribution in [0, 0.1) is 0 Å². The molecule has 0 saturated carbocycles. The quantitative estimate of drug-likeness (QED) is 0.0417. The highest BCUT2D eigenvalue weighted by Gasteiger charge is 2.20. The number of nitrogens with one attached hydrogen (secondary N) is 1. The first-order valence-corrected chi connectivity index (χ1v) is 37.3. The zero-order valence-electron chi connectivity index (χ0n) is 54.9. The van der Waals surface area contributed by atoms with Gasteiger partial charge in [-0.25, -0.2) is 0 Å². The Labute approximate surface area is 502 Å². The molecular formula is C74H147NO5. The Morgan fingerprint density at radius 2 is 0.512 bits per heavy atom. The van der Waals surface area contributed by atoms with Crippen molar-refractivity contribution in [2.24, 2.45) is 0 Å². The summed E-state index contributed by atoms with van der Waals surface area (Å²) in [7, 11) is 0. The van der Waals surface area contributed by atoms with Crippen LogP contribution in [0.25, 0.3) is 0 Å². The molecule has 0 spiro atoms. The molecule has 0 aromatic heterocycles. The van der Waals surface area contributed by atoms with E-state index in [1.54, 1.807) is 0 Å². The number of esters is 1. The number of hydrogen-bond donors (Lipinski definition) is 3. The SMILES string of the molecule is CCCCCCCCCCCCCCCCCCCCCCCCCC(O)C(CO)NC(=O)CCCCCCCCCCCCCCCCCCCCCCCOC(=O)CCCCCCCCCCCCCCCCCCCCC. The monoisotopic (exact) mass is 1130 g/mol. The van der Waals surface area contributed by atoms with Gasteiger partial charge in [0.05, 0.1) is 25.4 Å². The van der Waals surface area contributed by atoms with Crippen molar-refractivity contribution in [3.05, 3.63) is 0 Å². The van der Waals surface area contributed by atoms with E-state index >= 15 is 0 Å². The molecule has 0 radical (unpaired) electrons. The first kappa shape index (κ1) is 78.9. The molecule has 0 aromatic carbocycles. The zero-order valence-corrected chi connectivity index (χ0v) is 54.9. The van der Waals surface area contributed by atoms with Crippen LogP contribution in [0.1, 0.15) is 438 Å². The Hall–Kier alpha value is -1.14. The topological polar surface area (TPSA) is 95.9 Å². The molecule has 0 heterocycles. The molecule has 1 amide bonds. The molecule has 478 valence electrons. The molecule has 6 heteroatoms. The van der Waals surface area contributed by atoms with E-state index in [4.69, 9.17) is 4.74 Å². The second-order valence-corrected chi connectivity index (χ2v) is 26.0. The molecule has 0 rings (SSSR count). The Kier molecular flexibility index (Phi) is 69.3. The summed E-state index contributed by atoms with van der Waals surface area (Å²) in [5.74, 6) is -0.0111. The van der Waals surface area contributed by atoms with Gasteiger partial charge in [-0.3, -0.25) is 9.59 Å². The van der Waals surface area contributed by atoms with Crippen LogP contribution in [-0.4, -0.2) is 47.4 Å². The van der Waals surface area contributed by atoms with Crippen molar-refractivity contribution in [1.29, 1.82) is 0 Å². The van der Waals surface area contributed by atoms with E-state index in [0.29, 0.717) is 25.9 Å². The molecule has 3 N–H and O–H groups in total. The van der Waals surface area contributed by atoms with E-state index < -0.39 is 12.1 Å². The Balaban J connectivity index is 3.36. The van der Waals surface area contributed by atoms with Gasteiger partial charge >= 0.3 is 5.97 Å². The fourth-order valence-corrected chi connectivity index (χ4v) is 12.2. The Bertz CT molecular complexity index is 1160. The maximum absolute atomic E-state index is 12.6. The Morgan fingerprint density at radius 3 is 0.762 bits per heavy atom. The lowest BCUT2D eigenvalue weighted by Gasteiger charge is -2.22. The minimum atomic E-state index is -0.665. The fourth-order valence-electron chi connectivity index (χ4n) is 12.2. The predicted molar refractivity (Wildman–Crippen MR) is 352 cm³/mol. The standard InChI is InChI=1S/C74H147NO5/c1-3-5-7-9-11-13-15-17-19-21-23-24-25-27-31-34-38-42-46-50-54-58-62-66-72(77)71(70-76)75-73(78)67-63-59-55-51-47-43-39-35-32-28-26-29-33-37-41-45-49-53-57-61-65-69-80-74(79)68-64-60-56-52-48-44-40-36-30-22-20-18-16-14-12-10-8-6-4-2/h71-72,76-77H,3-70H2,1-2H3,(H,75,78). The lowest BCUT2D eigenvalue weighted by atomic mass is 10.0. The third-order valence-electron chi connectivity index (χ3n) is 17.9. The normalized spacial score (nSPS) is 12.4. The fraction of sp³-hybridized carbons (Fsp3) is 0.973. The summed E-state index contributed by atoms with van der Waals surface area (Å²) in [6.45, 7) is 5.01. The minimum Gasteiger partial charge on any atom is -0.466 e.